The van der Waals surface area contributed by atoms with Crippen LogP contribution in [0.15, 0.2) is 90.0 Å². The van der Waals surface area contributed by atoms with E-state index in [0.717, 1.165) is 24.2 Å². The van der Waals surface area contributed by atoms with E-state index in [-0.39, 0.29) is 54.5 Å². The van der Waals surface area contributed by atoms with Gasteiger partial charge in [0.15, 0.2) is 19.5 Å². The van der Waals surface area contributed by atoms with E-state index in [1.165, 1.54) is 47.5 Å². The maximum absolute atomic E-state index is 16.1. The molecule has 1 aliphatic carbocycles. The van der Waals surface area contributed by atoms with E-state index in [1.54, 1.807) is 76.7 Å². The summed E-state index contributed by atoms with van der Waals surface area (Å²) in [5, 5.41) is 8.59. The van der Waals surface area contributed by atoms with Crippen molar-refractivity contribution in [3.8, 4) is 0 Å². The molecule has 3 aromatic carbocycles. The second-order valence-electron chi connectivity index (χ2n) is 20.2. The summed E-state index contributed by atoms with van der Waals surface area (Å²) in [5.74, 6) is -0.966. The molecule has 0 saturated carbocycles. The highest BCUT2D eigenvalue weighted by atomic mass is 33.1. The van der Waals surface area contributed by atoms with Crippen LogP contribution in [-0.4, -0.2) is 145 Å². The Bertz CT molecular complexity index is 3010. The molecule has 8 fully saturated rings. The van der Waals surface area contributed by atoms with Crippen LogP contribution in [0.2, 0.25) is 0 Å². The zero-order valence-electron chi connectivity index (χ0n) is 40.4. The number of hydrogen-bond acceptors (Lipinski definition) is 15. The number of para-hydroxylation sites is 1. The number of hydrogen-bond donors (Lipinski definition) is 0. The number of ether oxygens (including phenoxy) is 3. The highest BCUT2D eigenvalue weighted by molar-refractivity contribution is 8.78. The Hall–Kier alpha value is -4.29. The fourth-order valence-electron chi connectivity index (χ4n) is 13.2. The SMILES string of the molecule is CCCOCCOCCOCc1cn(CCCCN2C(=O)[C@@]34C[C@]5([C@]67C[C@@]89SS[C@@](C)(C(=O)N8[C@H]6Cc6ccccc67)N(C)C9=O)c6ccccc6N(S(=O)(=O)c6ccccc6)[C@@H]5N3C(=O)[C@]2(C)SS4)nn1. The van der Waals surface area contributed by atoms with E-state index >= 15 is 27.6 Å². The molecular formula is C50H56N8O9S5. The fourth-order valence-corrected chi connectivity index (χ4v) is 21.9. The minimum Gasteiger partial charge on any atom is -0.379 e. The van der Waals surface area contributed by atoms with Crippen LogP contribution < -0.4 is 4.31 Å². The van der Waals surface area contributed by atoms with Gasteiger partial charge in [-0.15, -0.1) is 5.10 Å². The van der Waals surface area contributed by atoms with Gasteiger partial charge in [0.25, 0.3) is 33.7 Å². The minimum absolute atomic E-state index is 0.0437. The third-order valence-electron chi connectivity index (χ3n) is 16.5. The van der Waals surface area contributed by atoms with E-state index in [0.29, 0.717) is 69.2 Å². The first kappa shape index (κ1) is 48.6. The second-order valence-corrected chi connectivity index (χ2v) is 27.6. The number of piperazine rings is 2. The molecule has 10 heterocycles. The molecule has 0 unspecified atom stereocenters. The van der Waals surface area contributed by atoms with Crippen LogP contribution in [0.3, 0.4) is 0 Å². The number of rotatable bonds is 18. The van der Waals surface area contributed by atoms with Gasteiger partial charge in [-0.2, -0.15) is 0 Å². The molecule has 4 aromatic rings. The molecule has 380 valence electrons. The zero-order valence-corrected chi connectivity index (χ0v) is 44.5. The summed E-state index contributed by atoms with van der Waals surface area (Å²) in [6.07, 6.45) is 3.35. The van der Waals surface area contributed by atoms with Crippen LogP contribution in [0.5, 0.6) is 0 Å². The standard InChI is InChI=1S/C50H56N8O9S5/c1-5-23-65-24-25-66-26-27-67-30-34-29-54(52-51-34)21-13-14-22-55-44(62)50-32-48(47-31-49-43(61)53(4)45(2,68-70-49)41(59)56(49)39(47)28-33-15-9-10-18-36(33)47)37-19-11-12-20-38(37)58(72(63,64)35-16-7-6-8-17-35)40(48)57(50)42(60)46(55,3)69-71-50/h6-12,15-20,29,39-40H,5,13-14,21-28,30-32H2,1-4H3/t39-,40-,45-,46-,47-,48-,49-,50-/m0/s1. The number of fused-ring (bicyclic) bond motifs is 11. The Balaban J connectivity index is 0.910. The number of aromatic nitrogens is 3. The van der Waals surface area contributed by atoms with E-state index in [4.69, 9.17) is 14.2 Å². The van der Waals surface area contributed by atoms with Crippen molar-refractivity contribution in [2.75, 3.05) is 50.9 Å². The fraction of sp³-hybridized carbons (Fsp3) is 0.520. The van der Waals surface area contributed by atoms with Crippen molar-refractivity contribution < 1.29 is 41.8 Å². The third-order valence-corrected chi connectivity index (χ3v) is 25.6. The monoisotopic (exact) mass is 1070 g/mol. The number of aryl methyl sites for hydroxylation is 1. The smallest absolute Gasteiger partial charge is 0.266 e. The molecule has 0 radical (unpaired) electrons. The number of carbonyl (C=O) groups excluding carboxylic acids is 4. The van der Waals surface area contributed by atoms with E-state index in [2.05, 4.69) is 29.4 Å². The summed E-state index contributed by atoms with van der Waals surface area (Å²) >= 11 is 0. The van der Waals surface area contributed by atoms with Crippen LogP contribution in [0.1, 0.15) is 75.3 Å². The second kappa shape index (κ2) is 17.4. The number of sulfonamides is 1. The average molecular weight is 1070 g/mol. The van der Waals surface area contributed by atoms with Crippen molar-refractivity contribution in [2.24, 2.45) is 0 Å². The number of anilines is 1. The van der Waals surface area contributed by atoms with Crippen molar-refractivity contribution in [1.29, 1.82) is 0 Å². The molecule has 2 spiro atoms. The molecule has 14 rings (SSSR count). The Morgan fingerprint density at radius 3 is 2.07 bits per heavy atom. The van der Waals surface area contributed by atoms with Crippen molar-refractivity contribution in [3.05, 3.63) is 107 Å². The highest BCUT2D eigenvalue weighted by Gasteiger charge is 2.88. The van der Waals surface area contributed by atoms with Gasteiger partial charge in [-0.25, -0.2) is 12.7 Å². The van der Waals surface area contributed by atoms with Crippen molar-refractivity contribution in [2.45, 2.75) is 120 Å². The topological polar surface area (TPSA) is 177 Å². The largest absolute Gasteiger partial charge is 0.379 e. The Kier molecular flexibility index (Phi) is 11.7. The Morgan fingerprint density at radius 2 is 1.31 bits per heavy atom. The number of nitrogens with zero attached hydrogens (tertiary/aromatic N) is 8. The molecule has 8 atom stereocenters. The minimum atomic E-state index is -4.46. The molecule has 4 amide bonds. The molecule has 17 nitrogen and oxygen atoms in total. The van der Waals surface area contributed by atoms with Crippen molar-refractivity contribution in [1.82, 2.24) is 34.6 Å². The number of benzene rings is 3. The third kappa shape index (κ3) is 6.38. The van der Waals surface area contributed by atoms with Gasteiger partial charge in [0.2, 0.25) is 0 Å². The molecule has 4 bridgehead atoms. The van der Waals surface area contributed by atoms with Gasteiger partial charge in [-0.3, -0.25) is 28.8 Å². The average Bonchev–Trinajstić information content (AvgIpc) is 4.18. The summed E-state index contributed by atoms with van der Waals surface area (Å²) in [6, 6.07) is 23.1. The number of likely N-dealkylation sites (N-methyl/N-ethyl adjacent to an activating group) is 1. The van der Waals surface area contributed by atoms with Gasteiger partial charge in [0, 0.05) is 51.0 Å². The summed E-state index contributed by atoms with van der Waals surface area (Å²) in [4.78, 5) is 63.8. The first-order chi connectivity index (χ1) is 34.7. The molecule has 22 heteroatoms. The van der Waals surface area contributed by atoms with Gasteiger partial charge in [0.05, 0.1) is 55.2 Å². The first-order valence-corrected chi connectivity index (χ1v) is 30.3. The van der Waals surface area contributed by atoms with E-state index in [1.807, 2.05) is 41.4 Å². The molecular weight excluding hydrogens is 1020 g/mol. The van der Waals surface area contributed by atoms with E-state index in [9.17, 15) is 0 Å². The molecule has 1 aromatic heterocycles. The van der Waals surface area contributed by atoms with Crippen molar-refractivity contribution in [3.63, 3.8) is 0 Å². The lowest BCUT2D eigenvalue weighted by Gasteiger charge is -2.59. The van der Waals surface area contributed by atoms with Gasteiger partial charge in [0.1, 0.15) is 11.9 Å². The van der Waals surface area contributed by atoms with Crippen LogP contribution in [0, 0.1) is 0 Å². The molecule has 0 N–H and O–H groups in total. The van der Waals surface area contributed by atoms with E-state index < -0.39 is 52.5 Å². The van der Waals surface area contributed by atoms with Crippen LogP contribution in [0.25, 0.3) is 0 Å². The van der Waals surface area contributed by atoms with Crippen LogP contribution in [-0.2, 0) is 73.8 Å². The maximum atomic E-state index is 16.1. The molecule has 10 aliphatic rings. The van der Waals surface area contributed by atoms with Gasteiger partial charge < -0.3 is 28.9 Å². The number of amides is 4. The van der Waals surface area contributed by atoms with Gasteiger partial charge in [-0.1, -0.05) is 116 Å². The maximum Gasteiger partial charge on any atom is 0.266 e. The number of carbonyl (C=O) groups is 4. The first-order valence-electron chi connectivity index (χ1n) is 24.6. The lowest BCUT2D eigenvalue weighted by Crippen LogP contribution is -2.77. The number of unbranched alkanes of at least 4 members (excludes halogenated alkanes) is 1. The Labute approximate surface area is 434 Å². The summed E-state index contributed by atoms with van der Waals surface area (Å²) in [6.45, 7) is 9.37. The quantitative estimate of drug-likeness (QED) is 0.0870. The molecule has 8 saturated heterocycles. The summed E-state index contributed by atoms with van der Waals surface area (Å²) < 4.78 is 51.4. The summed E-state index contributed by atoms with van der Waals surface area (Å²) in [7, 11) is 2.74. The lowest BCUT2D eigenvalue weighted by molar-refractivity contribution is -0.165. The highest BCUT2D eigenvalue weighted by Crippen LogP contribution is 2.79. The Morgan fingerprint density at radius 1 is 0.681 bits per heavy atom. The van der Waals surface area contributed by atoms with Crippen LogP contribution >= 0.6 is 43.2 Å². The molecule has 9 aliphatic heterocycles. The van der Waals surface area contributed by atoms with Gasteiger partial charge >= 0.3 is 0 Å². The molecule has 72 heavy (non-hydrogen) atoms. The predicted octanol–water partition coefficient (Wildman–Crippen LogP) is 5.75. The predicted molar refractivity (Wildman–Crippen MR) is 275 cm³/mol. The zero-order chi connectivity index (χ0) is 50.1. The van der Waals surface area contributed by atoms with Gasteiger partial charge in [-0.05, 0) is 74.4 Å². The lowest BCUT2D eigenvalue weighted by atomic mass is 9.53. The van der Waals surface area contributed by atoms with Crippen molar-refractivity contribution >= 4 is 82.5 Å². The summed E-state index contributed by atoms with van der Waals surface area (Å²) in [5.41, 5.74) is 1.15. The normalized spacial score (nSPS) is 32.7. The van der Waals surface area contributed by atoms with Crippen LogP contribution in [0.4, 0.5) is 5.69 Å².